The van der Waals surface area contributed by atoms with E-state index in [0.29, 0.717) is 24.5 Å². The van der Waals surface area contributed by atoms with E-state index < -0.39 is 4.92 Å². The molecule has 1 N–H and O–H groups in total. The molecule has 0 aliphatic carbocycles. The highest BCUT2D eigenvalue weighted by Crippen LogP contribution is 2.21. The summed E-state index contributed by atoms with van der Waals surface area (Å²) in [5, 5.41) is 17.9. The second-order valence-corrected chi connectivity index (χ2v) is 4.22. The molecular formula is C12H15N5O3. The molecule has 0 atom stereocenters. The molecule has 0 aliphatic rings. The summed E-state index contributed by atoms with van der Waals surface area (Å²) >= 11 is 0. The molecule has 0 aromatic carbocycles. The van der Waals surface area contributed by atoms with Crippen molar-refractivity contribution in [2.24, 2.45) is 0 Å². The van der Waals surface area contributed by atoms with Gasteiger partial charge in [-0.1, -0.05) is 0 Å². The third kappa shape index (κ3) is 3.29. The van der Waals surface area contributed by atoms with Gasteiger partial charge >= 0.3 is 0 Å². The van der Waals surface area contributed by atoms with Crippen molar-refractivity contribution in [1.29, 1.82) is 0 Å². The number of methoxy groups -OCH3 is 1. The lowest BCUT2D eigenvalue weighted by molar-refractivity contribution is -0.385. The van der Waals surface area contributed by atoms with Gasteiger partial charge in [-0.2, -0.15) is 5.10 Å². The molecule has 0 fully saturated rings. The fourth-order valence-electron chi connectivity index (χ4n) is 1.69. The number of hydrogen-bond donors (Lipinski definition) is 1. The number of ether oxygens (including phenoxy) is 1. The maximum atomic E-state index is 10.7. The van der Waals surface area contributed by atoms with Gasteiger partial charge in [0, 0.05) is 18.9 Å². The van der Waals surface area contributed by atoms with Crippen LogP contribution in [0.3, 0.4) is 0 Å². The Morgan fingerprint density at radius 2 is 2.30 bits per heavy atom. The van der Waals surface area contributed by atoms with Crippen LogP contribution in [-0.4, -0.2) is 33.4 Å². The predicted molar refractivity (Wildman–Crippen MR) is 73.0 cm³/mol. The number of anilines is 2. The number of pyridine rings is 1. The van der Waals surface area contributed by atoms with E-state index in [1.165, 1.54) is 6.20 Å². The molecule has 8 heteroatoms. The third-order valence-corrected chi connectivity index (χ3v) is 2.71. The molecule has 8 nitrogen and oxygen atoms in total. The van der Waals surface area contributed by atoms with Gasteiger partial charge in [0.1, 0.15) is 12.0 Å². The number of hydrogen-bond acceptors (Lipinski definition) is 6. The lowest BCUT2D eigenvalue weighted by Gasteiger charge is -2.04. The van der Waals surface area contributed by atoms with Gasteiger partial charge in [-0.3, -0.25) is 14.8 Å². The molecule has 0 bridgehead atoms. The van der Waals surface area contributed by atoms with Crippen molar-refractivity contribution < 1.29 is 9.66 Å². The molecule has 0 aliphatic heterocycles. The first kappa shape index (κ1) is 13.9. The van der Waals surface area contributed by atoms with E-state index in [2.05, 4.69) is 15.4 Å². The summed E-state index contributed by atoms with van der Waals surface area (Å²) in [6, 6.07) is 1.63. The highest BCUT2D eigenvalue weighted by molar-refractivity contribution is 5.56. The number of aryl methyl sites for hydroxylation is 1. The minimum atomic E-state index is -0.450. The van der Waals surface area contributed by atoms with Gasteiger partial charge in [-0.25, -0.2) is 4.98 Å². The molecule has 0 unspecified atom stereocenters. The molecule has 2 aromatic rings. The average molecular weight is 277 g/mol. The second kappa shape index (κ2) is 6.11. The minimum absolute atomic E-state index is 0.00587. The SMILES string of the molecule is COCCn1cc(Nc2cc(C)c([N+](=O)[O-])cn2)cn1. The van der Waals surface area contributed by atoms with Crippen LogP contribution in [0.1, 0.15) is 5.56 Å². The fourth-order valence-corrected chi connectivity index (χ4v) is 1.69. The maximum Gasteiger partial charge on any atom is 0.290 e. The number of rotatable bonds is 6. The Bertz CT molecular complexity index is 611. The first-order valence-electron chi connectivity index (χ1n) is 5.99. The molecule has 2 aromatic heterocycles. The van der Waals surface area contributed by atoms with Crippen molar-refractivity contribution in [2.75, 3.05) is 19.0 Å². The number of nitro groups is 1. The van der Waals surface area contributed by atoms with Crippen LogP contribution in [0.5, 0.6) is 0 Å². The second-order valence-electron chi connectivity index (χ2n) is 4.22. The number of nitrogens with zero attached hydrogens (tertiary/aromatic N) is 4. The van der Waals surface area contributed by atoms with Gasteiger partial charge in [-0.15, -0.1) is 0 Å². The van der Waals surface area contributed by atoms with Gasteiger partial charge in [0.15, 0.2) is 0 Å². The zero-order valence-electron chi connectivity index (χ0n) is 11.2. The van der Waals surface area contributed by atoms with Crippen LogP contribution in [-0.2, 0) is 11.3 Å². The Kier molecular flexibility index (Phi) is 4.26. The van der Waals surface area contributed by atoms with E-state index in [1.807, 2.05) is 6.20 Å². The van der Waals surface area contributed by atoms with Crippen molar-refractivity contribution in [3.8, 4) is 0 Å². The van der Waals surface area contributed by atoms with Crippen molar-refractivity contribution in [2.45, 2.75) is 13.5 Å². The molecule has 2 heterocycles. The van der Waals surface area contributed by atoms with Crippen molar-refractivity contribution >= 4 is 17.2 Å². The standard InChI is InChI=1S/C12H15N5O3/c1-9-5-12(13-7-11(9)17(18)19)15-10-6-14-16(8-10)3-4-20-2/h5-8H,3-4H2,1-2H3,(H,13,15). The molecule has 0 radical (unpaired) electrons. The van der Waals surface area contributed by atoms with Crippen LogP contribution in [0.25, 0.3) is 0 Å². The molecule has 20 heavy (non-hydrogen) atoms. The largest absolute Gasteiger partial charge is 0.383 e. The summed E-state index contributed by atoms with van der Waals surface area (Å²) in [7, 11) is 1.63. The Balaban J connectivity index is 2.08. The predicted octanol–water partition coefficient (Wildman–Crippen LogP) is 1.88. The average Bonchev–Trinajstić information content (AvgIpc) is 2.83. The van der Waals surface area contributed by atoms with E-state index in [9.17, 15) is 10.1 Å². The smallest absolute Gasteiger partial charge is 0.290 e. The summed E-state index contributed by atoms with van der Waals surface area (Å²) in [5.41, 5.74) is 1.33. The minimum Gasteiger partial charge on any atom is -0.383 e. The van der Waals surface area contributed by atoms with Crippen LogP contribution in [0.4, 0.5) is 17.2 Å². The summed E-state index contributed by atoms with van der Waals surface area (Å²) in [4.78, 5) is 14.3. The molecule has 0 saturated carbocycles. The molecular weight excluding hydrogens is 262 g/mol. The molecule has 2 rings (SSSR count). The van der Waals surface area contributed by atoms with Gasteiger partial charge in [-0.05, 0) is 13.0 Å². The third-order valence-electron chi connectivity index (χ3n) is 2.71. The first-order chi connectivity index (χ1) is 9.60. The lowest BCUT2D eigenvalue weighted by atomic mass is 10.2. The Morgan fingerprint density at radius 1 is 1.50 bits per heavy atom. The zero-order chi connectivity index (χ0) is 14.5. The normalized spacial score (nSPS) is 10.5. The Hall–Kier alpha value is -2.48. The van der Waals surface area contributed by atoms with Crippen LogP contribution in [0.2, 0.25) is 0 Å². The molecule has 0 spiro atoms. The van der Waals surface area contributed by atoms with Gasteiger partial charge in [0.2, 0.25) is 0 Å². The van der Waals surface area contributed by atoms with Crippen LogP contribution >= 0.6 is 0 Å². The van der Waals surface area contributed by atoms with Crippen molar-refractivity contribution in [1.82, 2.24) is 14.8 Å². The van der Waals surface area contributed by atoms with Crippen molar-refractivity contribution in [3.63, 3.8) is 0 Å². The maximum absolute atomic E-state index is 10.7. The highest BCUT2D eigenvalue weighted by Gasteiger charge is 2.11. The van der Waals surface area contributed by atoms with Gasteiger partial charge in [0.25, 0.3) is 5.69 Å². The topological polar surface area (TPSA) is 95.1 Å². The summed E-state index contributed by atoms with van der Waals surface area (Å²) in [6.45, 7) is 2.91. The Morgan fingerprint density at radius 3 is 2.95 bits per heavy atom. The lowest BCUT2D eigenvalue weighted by Crippen LogP contribution is -2.04. The number of aromatic nitrogens is 3. The van der Waals surface area contributed by atoms with E-state index in [4.69, 9.17) is 4.74 Å². The summed E-state index contributed by atoms with van der Waals surface area (Å²) in [6.07, 6.45) is 4.72. The van der Waals surface area contributed by atoms with Gasteiger partial charge < -0.3 is 10.1 Å². The number of nitrogens with one attached hydrogen (secondary N) is 1. The van der Waals surface area contributed by atoms with Crippen LogP contribution in [0.15, 0.2) is 24.7 Å². The van der Waals surface area contributed by atoms with E-state index in [1.54, 1.807) is 31.0 Å². The fraction of sp³-hybridized carbons (Fsp3) is 0.333. The monoisotopic (exact) mass is 277 g/mol. The van der Waals surface area contributed by atoms with Crippen LogP contribution < -0.4 is 5.32 Å². The van der Waals surface area contributed by atoms with E-state index in [-0.39, 0.29) is 5.69 Å². The quantitative estimate of drug-likeness (QED) is 0.640. The summed E-state index contributed by atoms with van der Waals surface area (Å²) in [5.74, 6) is 0.541. The highest BCUT2D eigenvalue weighted by atomic mass is 16.6. The van der Waals surface area contributed by atoms with Crippen molar-refractivity contribution in [3.05, 3.63) is 40.3 Å². The van der Waals surface area contributed by atoms with Gasteiger partial charge in [0.05, 0.1) is 30.0 Å². The van der Waals surface area contributed by atoms with E-state index >= 15 is 0 Å². The van der Waals surface area contributed by atoms with E-state index in [0.717, 1.165) is 5.69 Å². The Labute approximate surface area is 115 Å². The zero-order valence-corrected chi connectivity index (χ0v) is 11.2. The molecule has 106 valence electrons. The first-order valence-corrected chi connectivity index (χ1v) is 5.99. The van der Waals surface area contributed by atoms with Crippen LogP contribution in [0, 0.1) is 17.0 Å². The molecule has 0 saturated heterocycles. The molecule has 0 amide bonds. The summed E-state index contributed by atoms with van der Waals surface area (Å²) < 4.78 is 6.71.